The van der Waals surface area contributed by atoms with E-state index in [0.29, 0.717) is 0 Å². The van der Waals surface area contributed by atoms with Gasteiger partial charge in [0.2, 0.25) is 0 Å². The van der Waals surface area contributed by atoms with Crippen LogP contribution < -0.4 is 0 Å². The molecule has 9 heteroatoms. The van der Waals surface area contributed by atoms with Gasteiger partial charge in [-0.2, -0.15) is 13.2 Å². The van der Waals surface area contributed by atoms with Gasteiger partial charge in [0.25, 0.3) is 0 Å². The van der Waals surface area contributed by atoms with Crippen LogP contribution in [0.3, 0.4) is 0 Å². The Morgan fingerprint density at radius 2 is 1.77 bits per heavy atom. The standard InChI is InChI=1S/C4H5F3O2.H3O3P/c1-3(8)9-2-4(5,6)7;1-4(2)3/h2H2,1H3;4H,(H2,1,2,3). The molecule has 0 aromatic heterocycles. The summed E-state index contributed by atoms with van der Waals surface area (Å²) in [5, 5.41) is 0. The van der Waals surface area contributed by atoms with Crippen molar-refractivity contribution in [3.63, 3.8) is 0 Å². The minimum atomic E-state index is -4.41. The molecule has 0 bridgehead atoms. The zero-order chi connectivity index (χ0) is 11.1. The molecule has 0 aromatic rings. The molecule has 0 saturated carbocycles. The van der Waals surface area contributed by atoms with Crippen LogP contribution in [-0.2, 0) is 14.1 Å². The van der Waals surface area contributed by atoms with E-state index >= 15 is 0 Å². The van der Waals surface area contributed by atoms with Gasteiger partial charge in [0.05, 0.1) is 0 Å². The summed E-state index contributed by atoms with van der Waals surface area (Å²) in [5.74, 6) is -0.924. The second kappa shape index (κ2) is 6.88. The van der Waals surface area contributed by atoms with Gasteiger partial charge in [-0.3, -0.25) is 9.36 Å². The molecule has 0 aliphatic rings. The summed E-state index contributed by atoms with van der Waals surface area (Å²) in [4.78, 5) is 24.1. The topological polar surface area (TPSA) is 83.8 Å². The minimum absolute atomic E-state index is 0.922. The van der Waals surface area contributed by atoms with E-state index in [2.05, 4.69) is 4.74 Å². The Balaban J connectivity index is 0. The molecule has 13 heavy (non-hydrogen) atoms. The van der Waals surface area contributed by atoms with E-state index in [1.165, 1.54) is 0 Å². The molecule has 0 heterocycles. The highest BCUT2D eigenvalue weighted by Crippen LogP contribution is 2.14. The first kappa shape index (κ1) is 14.9. The van der Waals surface area contributed by atoms with E-state index in [4.69, 9.17) is 14.4 Å². The molecule has 0 rings (SSSR count). The number of carbonyl (C=O) groups excluding carboxylic acids is 1. The van der Waals surface area contributed by atoms with Gasteiger partial charge in [0.15, 0.2) is 6.61 Å². The lowest BCUT2D eigenvalue weighted by Crippen LogP contribution is -2.18. The molecule has 2 N–H and O–H groups in total. The van der Waals surface area contributed by atoms with Crippen LogP contribution in [-0.4, -0.2) is 28.5 Å². The molecule has 0 saturated heterocycles. The first-order valence-corrected chi connectivity index (χ1v) is 4.07. The van der Waals surface area contributed by atoms with Crippen molar-refractivity contribution in [2.24, 2.45) is 0 Å². The number of esters is 1. The van der Waals surface area contributed by atoms with Crippen LogP contribution >= 0.6 is 8.25 Å². The summed E-state index contributed by atoms with van der Waals surface area (Å²) in [7, 11) is -3.13. The lowest BCUT2D eigenvalue weighted by Gasteiger charge is -2.04. The van der Waals surface area contributed by atoms with Gasteiger partial charge in [-0.1, -0.05) is 0 Å². The smallest absolute Gasteiger partial charge is 0.422 e. The van der Waals surface area contributed by atoms with E-state index < -0.39 is 27.0 Å². The molecule has 80 valence electrons. The van der Waals surface area contributed by atoms with Gasteiger partial charge < -0.3 is 14.5 Å². The van der Waals surface area contributed by atoms with Gasteiger partial charge in [0.1, 0.15) is 0 Å². The molecule has 0 aromatic carbocycles. The molecule has 0 amide bonds. The van der Waals surface area contributed by atoms with Gasteiger partial charge in [-0.25, -0.2) is 0 Å². The highest BCUT2D eigenvalue weighted by molar-refractivity contribution is 7.30. The summed E-state index contributed by atoms with van der Waals surface area (Å²) in [5.41, 5.74) is 0. The van der Waals surface area contributed by atoms with E-state index in [9.17, 15) is 18.0 Å². The SMILES string of the molecule is CC(=O)OCC(F)(F)F.O=[PH](O)O. The number of halogens is 3. The molecule has 0 aliphatic heterocycles. The number of rotatable bonds is 1. The predicted octanol–water partition coefficient (Wildman–Crippen LogP) is 0.472. The quantitative estimate of drug-likeness (QED) is 0.499. The second-order valence-corrected chi connectivity index (χ2v) is 2.24. The predicted molar refractivity (Wildman–Crippen MR) is 36.1 cm³/mol. The van der Waals surface area contributed by atoms with Crippen molar-refractivity contribution in [1.29, 1.82) is 0 Å². The van der Waals surface area contributed by atoms with Crippen LogP contribution in [0.5, 0.6) is 0 Å². The van der Waals surface area contributed by atoms with Crippen LogP contribution in [0.4, 0.5) is 13.2 Å². The summed E-state index contributed by atoms with van der Waals surface area (Å²) in [6, 6.07) is 0. The third-order valence-corrected chi connectivity index (χ3v) is 0.439. The minimum Gasteiger partial charge on any atom is -0.456 e. The maximum absolute atomic E-state index is 11.1. The van der Waals surface area contributed by atoms with E-state index in [0.717, 1.165) is 6.92 Å². The molecular weight excluding hydrogens is 216 g/mol. The third-order valence-electron chi connectivity index (χ3n) is 0.439. The Labute approximate surface area is 72.1 Å². The molecule has 0 radical (unpaired) electrons. The van der Waals surface area contributed by atoms with Crippen molar-refractivity contribution < 1.29 is 37.1 Å². The van der Waals surface area contributed by atoms with E-state index in [1.54, 1.807) is 0 Å². The Morgan fingerprint density at radius 1 is 1.46 bits per heavy atom. The summed E-state index contributed by atoms with van der Waals surface area (Å²) in [6.07, 6.45) is -4.41. The first-order valence-electron chi connectivity index (χ1n) is 2.77. The molecule has 0 spiro atoms. The van der Waals surface area contributed by atoms with Crippen LogP contribution in [0.15, 0.2) is 0 Å². The van der Waals surface area contributed by atoms with Gasteiger partial charge in [0, 0.05) is 6.92 Å². The van der Waals surface area contributed by atoms with E-state index in [1.807, 2.05) is 0 Å². The number of alkyl halides is 3. The molecule has 0 fully saturated rings. The number of ether oxygens (including phenoxy) is 1. The Hall–Kier alpha value is -0.590. The third kappa shape index (κ3) is 34.5. The molecule has 0 aliphatic carbocycles. The van der Waals surface area contributed by atoms with Crippen LogP contribution in [0.1, 0.15) is 6.92 Å². The fourth-order valence-electron chi connectivity index (χ4n) is 0.183. The normalized spacial score (nSPS) is 10.4. The first-order chi connectivity index (χ1) is 5.65. The lowest BCUT2D eigenvalue weighted by molar-refractivity contribution is -0.184. The van der Waals surface area contributed by atoms with Crippen molar-refractivity contribution in [3.8, 4) is 0 Å². The van der Waals surface area contributed by atoms with Crippen molar-refractivity contribution in [2.45, 2.75) is 13.1 Å². The van der Waals surface area contributed by atoms with Gasteiger partial charge >= 0.3 is 20.4 Å². The summed E-state index contributed by atoms with van der Waals surface area (Å²) >= 11 is 0. The highest BCUT2D eigenvalue weighted by Gasteiger charge is 2.28. The Bertz CT molecular complexity index is 175. The number of hydrogen-bond donors (Lipinski definition) is 2. The van der Waals surface area contributed by atoms with E-state index in [-0.39, 0.29) is 0 Å². The van der Waals surface area contributed by atoms with Crippen molar-refractivity contribution in [3.05, 3.63) is 0 Å². The van der Waals surface area contributed by atoms with Crippen LogP contribution in [0.2, 0.25) is 0 Å². The molecule has 5 nitrogen and oxygen atoms in total. The van der Waals surface area contributed by atoms with Gasteiger partial charge in [-0.05, 0) is 0 Å². The maximum atomic E-state index is 11.1. The fraction of sp³-hybridized carbons (Fsp3) is 0.750. The Kier molecular flexibility index (Phi) is 7.89. The average Bonchev–Trinajstić information content (AvgIpc) is 1.80. The average molecular weight is 224 g/mol. The second-order valence-electron chi connectivity index (χ2n) is 1.68. The summed E-state index contributed by atoms with van der Waals surface area (Å²) in [6.45, 7) is -0.575. The zero-order valence-corrected chi connectivity index (χ0v) is 7.46. The monoisotopic (exact) mass is 224 g/mol. The molecule has 0 unspecified atom stereocenters. The molecule has 0 atom stereocenters. The van der Waals surface area contributed by atoms with Crippen LogP contribution in [0.25, 0.3) is 0 Å². The highest BCUT2D eigenvalue weighted by atomic mass is 31.1. The molecular formula is C4H8F3O5P. The fourth-order valence-corrected chi connectivity index (χ4v) is 0.183. The maximum Gasteiger partial charge on any atom is 0.422 e. The van der Waals surface area contributed by atoms with Crippen LogP contribution in [0, 0.1) is 0 Å². The van der Waals surface area contributed by atoms with Gasteiger partial charge in [-0.15, -0.1) is 0 Å². The van der Waals surface area contributed by atoms with Crippen molar-refractivity contribution >= 4 is 14.2 Å². The number of carbonyl (C=O) groups is 1. The lowest BCUT2D eigenvalue weighted by atomic mass is 10.7. The van der Waals surface area contributed by atoms with Crippen molar-refractivity contribution in [2.75, 3.05) is 6.61 Å². The number of hydrogen-bond acceptors (Lipinski definition) is 3. The largest absolute Gasteiger partial charge is 0.456 e. The summed E-state index contributed by atoms with van der Waals surface area (Å²) < 4.78 is 45.8. The zero-order valence-electron chi connectivity index (χ0n) is 6.46. The van der Waals surface area contributed by atoms with Crippen molar-refractivity contribution in [1.82, 2.24) is 0 Å². The Morgan fingerprint density at radius 3 is 1.85 bits per heavy atom.